The van der Waals surface area contributed by atoms with E-state index in [1.54, 1.807) is 11.8 Å². The first-order valence-electron chi connectivity index (χ1n) is 8.34. The molecule has 0 radical (unpaired) electrons. The summed E-state index contributed by atoms with van der Waals surface area (Å²) >= 11 is 1.53. The van der Waals surface area contributed by atoms with E-state index in [0.717, 1.165) is 30.5 Å². The molecule has 1 aromatic heterocycles. The highest BCUT2D eigenvalue weighted by atomic mass is 32.1. The second-order valence-electron chi connectivity index (χ2n) is 6.26. The molecule has 1 saturated heterocycles. The molecule has 2 atom stereocenters. The summed E-state index contributed by atoms with van der Waals surface area (Å²) in [6.07, 6.45) is 0. The van der Waals surface area contributed by atoms with Gasteiger partial charge in [-0.1, -0.05) is 30.3 Å². The number of benzene rings is 1. The van der Waals surface area contributed by atoms with Gasteiger partial charge in [0.15, 0.2) is 5.13 Å². The van der Waals surface area contributed by atoms with Crippen LogP contribution in [0.25, 0.3) is 0 Å². The molecule has 6 heteroatoms. The number of hydrogen-bond donors (Lipinski definition) is 1. The maximum atomic E-state index is 11.6. The van der Waals surface area contributed by atoms with Crippen LogP contribution in [0.5, 0.6) is 0 Å². The van der Waals surface area contributed by atoms with Gasteiger partial charge in [-0.2, -0.15) is 0 Å². The Morgan fingerprint density at radius 2 is 2.12 bits per heavy atom. The molecule has 128 valence electrons. The van der Waals surface area contributed by atoms with E-state index in [1.165, 1.54) is 16.9 Å². The van der Waals surface area contributed by atoms with Crippen LogP contribution in [0, 0.1) is 0 Å². The Bertz CT molecular complexity index is 687. The van der Waals surface area contributed by atoms with Gasteiger partial charge in [0.25, 0.3) is 0 Å². The molecule has 0 bridgehead atoms. The van der Waals surface area contributed by atoms with Gasteiger partial charge in [0.05, 0.1) is 5.69 Å². The van der Waals surface area contributed by atoms with Crippen LogP contribution >= 0.6 is 11.3 Å². The number of anilines is 1. The fourth-order valence-corrected chi connectivity index (χ4v) is 4.23. The number of nitrogens with two attached hydrogens (primary N) is 1. The lowest BCUT2D eigenvalue weighted by molar-refractivity contribution is -0.116. The number of hydrogen-bond acceptors (Lipinski definition) is 5. The summed E-state index contributed by atoms with van der Waals surface area (Å²) in [4.78, 5) is 20.3. The smallest absolute Gasteiger partial charge is 0.225 e. The Morgan fingerprint density at radius 3 is 2.79 bits per heavy atom. The maximum Gasteiger partial charge on any atom is 0.225 e. The molecule has 5 nitrogen and oxygen atoms in total. The van der Waals surface area contributed by atoms with E-state index in [2.05, 4.69) is 34.1 Å². The normalized spacial score (nSPS) is 21.1. The summed E-state index contributed by atoms with van der Waals surface area (Å²) in [6.45, 7) is 6.79. The fraction of sp³-hybridized carbons (Fsp3) is 0.444. The SMILES string of the molecule is CCN(C(C)=O)c1nc(CN2C[C@@H](N)[C@H](c3ccccc3)C2)cs1. The fourth-order valence-electron chi connectivity index (χ4n) is 3.31. The summed E-state index contributed by atoms with van der Waals surface area (Å²) in [5.41, 5.74) is 8.67. The second-order valence-corrected chi connectivity index (χ2v) is 7.10. The highest BCUT2D eigenvalue weighted by Gasteiger charge is 2.31. The summed E-state index contributed by atoms with van der Waals surface area (Å²) in [5, 5.41) is 2.82. The van der Waals surface area contributed by atoms with E-state index in [4.69, 9.17) is 5.73 Å². The lowest BCUT2D eigenvalue weighted by Gasteiger charge is -2.16. The molecule has 0 spiro atoms. The van der Waals surface area contributed by atoms with Crippen molar-refractivity contribution in [1.29, 1.82) is 0 Å². The van der Waals surface area contributed by atoms with Crippen LogP contribution < -0.4 is 10.6 Å². The summed E-state index contributed by atoms with van der Waals surface area (Å²) in [5.74, 6) is 0.402. The third-order valence-electron chi connectivity index (χ3n) is 4.52. The molecule has 1 aromatic carbocycles. The van der Waals surface area contributed by atoms with Gasteiger partial charge in [-0.15, -0.1) is 11.3 Å². The van der Waals surface area contributed by atoms with Crippen LogP contribution in [0.2, 0.25) is 0 Å². The van der Waals surface area contributed by atoms with Gasteiger partial charge in [-0.05, 0) is 12.5 Å². The number of carbonyl (C=O) groups excluding carboxylic acids is 1. The van der Waals surface area contributed by atoms with Gasteiger partial charge in [0.1, 0.15) is 0 Å². The number of nitrogens with zero attached hydrogens (tertiary/aromatic N) is 3. The molecule has 1 fully saturated rings. The second kappa shape index (κ2) is 7.42. The highest BCUT2D eigenvalue weighted by molar-refractivity contribution is 7.14. The number of likely N-dealkylation sites (tertiary alicyclic amines) is 1. The Kier molecular flexibility index (Phi) is 5.28. The van der Waals surface area contributed by atoms with Crippen molar-refractivity contribution in [2.75, 3.05) is 24.5 Å². The molecule has 1 aliphatic rings. The summed E-state index contributed by atoms with van der Waals surface area (Å²) in [7, 11) is 0. The van der Waals surface area contributed by atoms with Crippen molar-refractivity contribution in [3.63, 3.8) is 0 Å². The Morgan fingerprint density at radius 1 is 1.38 bits per heavy atom. The average Bonchev–Trinajstić information content (AvgIpc) is 3.16. The molecular weight excluding hydrogens is 320 g/mol. The average molecular weight is 344 g/mol. The molecule has 1 aliphatic heterocycles. The van der Waals surface area contributed by atoms with Gasteiger partial charge in [0, 0.05) is 50.4 Å². The van der Waals surface area contributed by atoms with Crippen LogP contribution in [0.1, 0.15) is 31.0 Å². The van der Waals surface area contributed by atoms with Crippen LogP contribution in [0.15, 0.2) is 35.7 Å². The Balaban J connectivity index is 1.65. The molecule has 1 amide bonds. The topological polar surface area (TPSA) is 62.5 Å². The quantitative estimate of drug-likeness (QED) is 0.905. The Hall–Kier alpha value is -1.76. The van der Waals surface area contributed by atoms with Gasteiger partial charge in [-0.25, -0.2) is 4.98 Å². The molecule has 3 rings (SSSR count). The number of rotatable bonds is 5. The first-order chi connectivity index (χ1) is 11.6. The monoisotopic (exact) mass is 344 g/mol. The van der Waals surface area contributed by atoms with E-state index in [-0.39, 0.29) is 11.9 Å². The molecule has 2 aromatic rings. The molecule has 2 heterocycles. The Labute approximate surface area is 147 Å². The largest absolute Gasteiger partial charge is 0.326 e. The van der Waals surface area contributed by atoms with E-state index < -0.39 is 0 Å². The van der Waals surface area contributed by atoms with Crippen molar-refractivity contribution in [3.05, 3.63) is 47.0 Å². The molecule has 2 N–H and O–H groups in total. The minimum atomic E-state index is 0.0331. The molecule has 24 heavy (non-hydrogen) atoms. The molecule has 0 saturated carbocycles. The van der Waals surface area contributed by atoms with Crippen molar-refractivity contribution in [3.8, 4) is 0 Å². The van der Waals surface area contributed by atoms with Gasteiger partial charge in [0.2, 0.25) is 5.91 Å². The lowest BCUT2D eigenvalue weighted by Crippen LogP contribution is -2.29. The van der Waals surface area contributed by atoms with Crippen molar-refractivity contribution < 1.29 is 4.79 Å². The standard InChI is InChI=1S/C18H24N4OS/c1-3-22(13(2)23)18-20-15(12-24-18)9-21-10-16(17(19)11-21)14-7-5-4-6-8-14/h4-8,12,16-17H,3,9-11,19H2,1-2H3/t16-,17+/m0/s1. The lowest BCUT2D eigenvalue weighted by atomic mass is 9.95. The maximum absolute atomic E-state index is 11.6. The van der Waals surface area contributed by atoms with Gasteiger partial charge < -0.3 is 5.73 Å². The highest BCUT2D eigenvalue weighted by Crippen LogP contribution is 2.28. The first kappa shape index (κ1) is 17.1. The van der Waals surface area contributed by atoms with Crippen LogP contribution in [0.3, 0.4) is 0 Å². The number of amides is 1. The van der Waals surface area contributed by atoms with Crippen LogP contribution in [0.4, 0.5) is 5.13 Å². The van der Waals surface area contributed by atoms with Gasteiger partial charge >= 0.3 is 0 Å². The number of thiazole rings is 1. The van der Waals surface area contributed by atoms with E-state index in [1.807, 2.05) is 18.4 Å². The third kappa shape index (κ3) is 3.66. The van der Waals surface area contributed by atoms with Crippen LogP contribution in [-0.4, -0.2) is 41.5 Å². The summed E-state index contributed by atoms with van der Waals surface area (Å²) in [6, 6.07) is 10.6. The van der Waals surface area contributed by atoms with Crippen molar-refractivity contribution >= 4 is 22.4 Å². The zero-order valence-electron chi connectivity index (χ0n) is 14.2. The van der Waals surface area contributed by atoms with E-state index in [0.29, 0.717) is 12.5 Å². The van der Waals surface area contributed by atoms with Crippen molar-refractivity contribution in [1.82, 2.24) is 9.88 Å². The van der Waals surface area contributed by atoms with Crippen molar-refractivity contribution in [2.24, 2.45) is 5.73 Å². The van der Waals surface area contributed by atoms with E-state index >= 15 is 0 Å². The number of aromatic nitrogens is 1. The van der Waals surface area contributed by atoms with E-state index in [9.17, 15) is 4.79 Å². The zero-order chi connectivity index (χ0) is 17.1. The molecule has 0 unspecified atom stereocenters. The minimum Gasteiger partial charge on any atom is -0.326 e. The zero-order valence-corrected chi connectivity index (χ0v) is 15.0. The molecular formula is C18H24N4OS. The van der Waals surface area contributed by atoms with Crippen molar-refractivity contribution in [2.45, 2.75) is 32.4 Å². The number of carbonyl (C=O) groups is 1. The molecule has 0 aliphatic carbocycles. The predicted octanol–water partition coefficient (Wildman–Crippen LogP) is 2.44. The van der Waals surface area contributed by atoms with Crippen LogP contribution in [-0.2, 0) is 11.3 Å². The third-order valence-corrected chi connectivity index (χ3v) is 5.43. The summed E-state index contributed by atoms with van der Waals surface area (Å²) < 4.78 is 0. The predicted molar refractivity (Wildman–Crippen MR) is 98.3 cm³/mol. The van der Waals surface area contributed by atoms with Gasteiger partial charge in [-0.3, -0.25) is 14.6 Å². The first-order valence-corrected chi connectivity index (χ1v) is 9.21. The minimum absolute atomic E-state index is 0.0331.